The van der Waals surface area contributed by atoms with Crippen LogP contribution in [-0.2, 0) is 12.7 Å². The average molecular weight is 371 g/mol. The molecule has 0 atom stereocenters. The van der Waals surface area contributed by atoms with Gasteiger partial charge in [-0.15, -0.1) is 0 Å². The second-order valence-electron chi connectivity index (χ2n) is 5.88. The van der Waals surface area contributed by atoms with E-state index in [0.29, 0.717) is 28.0 Å². The third-order valence-corrected chi connectivity index (χ3v) is 4.09. The fourth-order valence-electron chi connectivity index (χ4n) is 2.80. The summed E-state index contributed by atoms with van der Waals surface area (Å²) >= 11 is 0. The molecule has 9 heteroatoms. The van der Waals surface area contributed by atoms with Gasteiger partial charge < -0.3 is 0 Å². The minimum atomic E-state index is -4.43. The molecule has 0 aliphatic carbocycles. The van der Waals surface area contributed by atoms with Crippen LogP contribution in [0.2, 0.25) is 0 Å². The highest BCUT2D eigenvalue weighted by atomic mass is 19.4. The Bertz CT molecular complexity index is 1170. The predicted molar refractivity (Wildman–Crippen MR) is 91.9 cm³/mol. The van der Waals surface area contributed by atoms with E-state index in [-0.39, 0.29) is 12.2 Å². The minimum Gasteiger partial charge on any atom is -0.290 e. The molecule has 0 aliphatic heterocycles. The maximum absolute atomic E-state index is 13.0. The second kappa shape index (κ2) is 6.35. The number of fused-ring (bicyclic) bond motifs is 1. The molecular formula is C18H12F3N5O. The molecular weight excluding hydrogens is 359 g/mol. The van der Waals surface area contributed by atoms with E-state index in [1.54, 1.807) is 12.1 Å². The fraction of sp³-hybridized carbons (Fsp3) is 0.111. The molecule has 0 saturated carbocycles. The highest BCUT2D eigenvalue weighted by Gasteiger charge is 2.30. The van der Waals surface area contributed by atoms with Crippen LogP contribution < -0.4 is 5.69 Å². The van der Waals surface area contributed by atoms with E-state index in [1.165, 1.54) is 35.4 Å². The number of hydrogen-bond donors (Lipinski definition) is 1. The van der Waals surface area contributed by atoms with Crippen molar-refractivity contribution in [2.24, 2.45) is 0 Å². The van der Waals surface area contributed by atoms with Gasteiger partial charge in [-0.2, -0.15) is 13.2 Å². The van der Waals surface area contributed by atoms with Crippen LogP contribution in [0.1, 0.15) is 11.3 Å². The third kappa shape index (κ3) is 3.31. The van der Waals surface area contributed by atoms with Crippen LogP contribution in [0.5, 0.6) is 0 Å². The van der Waals surface area contributed by atoms with Crippen LogP contribution in [0, 0.1) is 0 Å². The number of alkyl halides is 3. The van der Waals surface area contributed by atoms with Gasteiger partial charge in [-0.05, 0) is 23.8 Å². The zero-order valence-corrected chi connectivity index (χ0v) is 13.7. The van der Waals surface area contributed by atoms with Crippen LogP contribution >= 0.6 is 0 Å². The average Bonchev–Trinajstić information content (AvgIpc) is 2.97. The third-order valence-electron chi connectivity index (χ3n) is 4.09. The van der Waals surface area contributed by atoms with E-state index in [9.17, 15) is 18.0 Å². The van der Waals surface area contributed by atoms with Crippen molar-refractivity contribution < 1.29 is 13.2 Å². The highest BCUT2D eigenvalue weighted by Crippen LogP contribution is 2.32. The van der Waals surface area contributed by atoms with Crippen molar-refractivity contribution in [2.45, 2.75) is 12.7 Å². The maximum Gasteiger partial charge on any atom is 0.416 e. The summed E-state index contributed by atoms with van der Waals surface area (Å²) in [6.45, 7) is 0.167. The molecule has 0 spiro atoms. The van der Waals surface area contributed by atoms with E-state index in [0.717, 1.165) is 12.1 Å². The van der Waals surface area contributed by atoms with Gasteiger partial charge in [0.05, 0.1) is 29.5 Å². The van der Waals surface area contributed by atoms with Crippen molar-refractivity contribution in [1.82, 2.24) is 24.5 Å². The molecule has 0 fully saturated rings. The second-order valence-corrected chi connectivity index (χ2v) is 5.88. The molecule has 0 radical (unpaired) electrons. The number of halogens is 3. The molecule has 0 amide bonds. The Hall–Kier alpha value is -3.49. The van der Waals surface area contributed by atoms with Crippen molar-refractivity contribution in [1.29, 1.82) is 0 Å². The number of aromatic amines is 1. The summed E-state index contributed by atoms with van der Waals surface area (Å²) in [5.41, 5.74) is 1.10. The lowest BCUT2D eigenvalue weighted by Crippen LogP contribution is -2.18. The van der Waals surface area contributed by atoms with Crippen LogP contribution in [0.25, 0.3) is 22.3 Å². The molecule has 4 aromatic rings. The first-order valence-electron chi connectivity index (χ1n) is 7.93. The number of rotatable bonds is 3. The first kappa shape index (κ1) is 17.0. The SMILES string of the molecule is O=c1[nH]c2ncc(-c3cccc(C(F)(F)F)c3)cc2n1Cc1cnccn1. The molecule has 1 aromatic carbocycles. The number of H-pyrrole nitrogens is 1. The molecule has 0 aliphatic rings. The lowest BCUT2D eigenvalue weighted by Gasteiger charge is -2.09. The van der Waals surface area contributed by atoms with E-state index in [1.807, 2.05) is 0 Å². The van der Waals surface area contributed by atoms with Gasteiger partial charge in [0.25, 0.3) is 0 Å². The Kier molecular flexibility index (Phi) is 3.98. The number of imidazole rings is 1. The van der Waals surface area contributed by atoms with Gasteiger partial charge in [-0.1, -0.05) is 12.1 Å². The molecule has 27 heavy (non-hydrogen) atoms. The van der Waals surface area contributed by atoms with Crippen LogP contribution in [0.3, 0.4) is 0 Å². The lowest BCUT2D eigenvalue weighted by molar-refractivity contribution is -0.137. The Morgan fingerprint density at radius 1 is 1.04 bits per heavy atom. The number of pyridine rings is 1. The first-order chi connectivity index (χ1) is 12.9. The summed E-state index contributed by atoms with van der Waals surface area (Å²) in [7, 11) is 0. The van der Waals surface area contributed by atoms with E-state index in [4.69, 9.17) is 0 Å². The fourth-order valence-corrected chi connectivity index (χ4v) is 2.80. The molecule has 136 valence electrons. The van der Waals surface area contributed by atoms with Gasteiger partial charge in [-0.25, -0.2) is 9.78 Å². The molecule has 1 N–H and O–H groups in total. The summed E-state index contributed by atoms with van der Waals surface area (Å²) in [6, 6.07) is 6.60. The van der Waals surface area contributed by atoms with Crippen molar-refractivity contribution in [3.05, 3.63) is 76.9 Å². The van der Waals surface area contributed by atoms with Crippen molar-refractivity contribution >= 4 is 11.2 Å². The Morgan fingerprint density at radius 3 is 2.63 bits per heavy atom. The predicted octanol–water partition coefficient (Wildman–Crippen LogP) is 3.25. The standard InChI is InChI=1S/C18H12F3N5O/c19-18(20,21)13-3-1-2-11(6-13)12-7-15-16(24-8-12)25-17(27)26(15)10-14-9-22-4-5-23-14/h1-9H,10H2,(H,24,25,27). The summed E-state index contributed by atoms with van der Waals surface area (Å²) in [5.74, 6) is 0. The summed E-state index contributed by atoms with van der Waals surface area (Å²) < 4.78 is 40.3. The van der Waals surface area contributed by atoms with Crippen molar-refractivity contribution in [3.63, 3.8) is 0 Å². The number of hydrogen-bond acceptors (Lipinski definition) is 4. The number of benzene rings is 1. The summed E-state index contributed by atoms with van der Waals surface area (Å²) in [4.78, 5) is 27.2. The normalized spacial score (nSPS) is 11.8. The highest BCUT2D eigenvalue weighted by molar-refractivity contribution is 5.78. The van der Waals surface area contributed by atoms with Gasteiger partial charge in [0.1, 0.15) is 0 Å². The molecule has 0 saturated heterocycles. The Labute approximate surface area is 150 Å². The largest absolute Gasteiger partial charge is 0.416 e. The molecule has 0 bridgehead atoms. The number of nitrogens with zero attached hydrogens (tertiary/aromatic N) is 4. The quantitative estimate of drug-likeness (QED) is 0.600. The maximum atomic E-state index is 13.0. The first-order valence-corrected chi connectivity index (χ1v) is 7.93. The Balaban J connectivity index is 1.81. The topological polar surface area (TPSA) is 76.5 Å². The number of nitrogens with one attached hydrogen (secondary N) is 1. The van der Waals surface area contributed by atoms with Gasteiger partial charge in [0.2, 0.25) is 0 Å². The van der Waals surface area contributed by atoms with Crippen molar-refractivity contribution in [2.75, 3.05) is 0 Å². The van der Waals surface area contributed by atoms with Crippen LogP contribution in [0.4, 0.5) is 13.2 Å². The van der Waals surface area contributed by atoms with Gasteiger partial charge in [0.15, 0.2) is 5.65 Å². The van der Waals surface area contributed by atoms with E-state index in [2.05, 4.69) is 19.9 Å². The molecule has 0 unspecified atom stereocenters. The van der Waals surface area contributed by atoms with Crippen LogP contribution in [0.15, 0.2) is 59.9 Å². The summed E-state index contributed by atoms with van der Waals surface area (Å²) in [5, 5.41) is 0. The van der Waals surface area contributed by atoms with Gasteiger partial charge >= 0.3 is 11.9 Å². The lowest BCUT2D eigenvalue weighted by atomic mass is 10.0. The van der Waals surface area contributed by atoms with Crippen molar-refractivity contribution in [3.8, 4) is 11.1 Å². The molecule has 3 heterocycles. The zero-order valence-electron chi connectivity index (χ0n) is 13.7. The molecule has 4 rings (SSSR count). The monoisotopic (exact) mass is 371 g/mol. The zero-order chi connectivity index (χ0) is 19.0. The van der Waals surface area contributed by atoms with E-state index < -0.39 is 11.7 Å². The van der Waals surface area contributed by atoms with Gasteiger partial charge in [0, 0.05) is 24.2 Å². The minimum absolute atomic E-state index is 0.167. The molecule has 6 nitrogen and oxygen atoms in total. The van der Waals surface area contributed by atoms with E-state index >= 15 is 0 Å². The number of aromatic nitrogens is 5. The van der Waals surface area contributed by atoms with Gasteiger partial charge in [-0.3, -0.25) is 19.5 Å². The smallest absolute Gasteiger partial charge is 0.290 e. The Morgan fingerprint density at radius 2 is 1.89 bits per heavy atom. The molecule has 3 aromatic heterocycles. The van der Waals surface area contributed by atoms with Crippen LogP contribution in [-0.4, -0.2) is 24.5 Å². The summed E-state index contributed by atoms with van der Waals surface area (Å²) in [6.07, 6.45) is 1.57.